The molecule has 0 amide bonds. The monoisotopic (exact) mass is 1330 g/mol. The molecule has 1 aliphatic rings. The van der Waals surface area contributed by atoms with E-state index in [2.05, 4.69) is 95.9 Å². The number of nitrogens with zero attached hydrogens (tertiary/aromatic N) is 4. The molecule has 0 spiro atoms. The Morgan fingerprint density at radius 3 is 1.05 bits per heavy atom. The third-order valence-corrected chi connectivity index (χ3v) is 21.1. The maximum Gasteiger partial charge on any atom is 0.305 e. The molecule has 542 valence electrons. The van der Waals surface area contributed by atoms with E-state index in [0.717, 1.165) is 147 Å². The number of hydrogen-bond acceptors (Lipinski definition) is 12. The predicted octanol–water partition coefficient (Wildman–Crippen LogP) is 20.6. The summed E-state index contributed by atoms with van der Waals surface area (Å²) in [6.45, 7) is 19.5. The molecule has 1 rings (SSSR count). The fourth-order valence-corrected chi connectivity index (χ4v) is 14.8. The van der Waals surface area contributed by atoms with Crippen LogP contribution in [0.15, 0.2) is 48.6 Å². The van der Waals surface area contributed by atoms with Gasteiger partial charge >= 0.3 is 5.97 Å². The molecule has 12 heteroatoms. The van der Waals surface area contributed by atoms with Gasteiger partial charge in [0.25, 0.3) is 0 Å². The van der Waals surface area contributed by atoms with Gasteiger partial charge in [0.15, 0.2) is 0 Å². The number of allylic oxidation sites excluding steroid dienone is 8. The lowest BCUT2D eigenvalue weighted by Gasteiger charge is -2.34. The number of carbonyl (C=O) groups is 1. The summed E-state index contributed by atoms with van der Waals surface area (Å²) in [5.41, 5.74) is 0. The Bertz CT molecular complexity index is 1550. The van der Waals surface area contributed by atoms with Gasteiger partial charge in [0.05, 0.1) is 24.4 Å². The molecule has 1 fully saturated rings. The molecular formula is C80H154N4O6S2. The highest BCUT2D eigenvalue weighted by Crippen LogP contribution is 2.24. The van der Waals surface area contributed by atoms with Crippen LogP contribution in [-0.2, 0) is 9.53 Å². The molecule has 1 aliphatic heterocycles. The van der Waals surface area contributed by atoms with Crippen LogP contribution < -0.4 is 0 Å². The number of piperazine rings is 1. The minimum absolute atomic E-state index is 0.143. The summed E-state index contributed by atoms with van der Waals surface area (Å²) >= 11 is 0. The Labute approximate surface area is 579 Å². The maximum atomic E-state index is 12.9. The van der Waals surface area contributed by atoms with Crippen molar-refractivity contribution in [3.63, 3.8) is 0 Å². The zero-order valence-corrected chi connectivity index (χ0v) is 62.8. The number of rotatable bonds is 72. The largest absolute Gasteiger partial charge is 0.464 e. The van der Waals surface area contributed by atoms with Crippen LogP contribution in [0.25, 0.3) is 0 Å². The number of esters is 1. The van der Waals surface area contributed by atoms with E-state index in [0.29, 0.717) is 52.2 Å². The van der Waals surface area contributed by atoms with Crippen LogP contribution in [0.5, 0.6) is 0 Å². The van der Waals surface area contributed by atoms with E-state index in [1.165, 1.54) is 205 Å². The topological polar surface area (TPSA) is 120 Å². The van der Waals surface area contributed by atoms with Crippen molar-refractivity contribution in [1.29, 1.82) is 0 Å². The normalized spacial score (nSPS) is 15.1. The summed E-state index contributed by atoms with van der Waals surface area (Å²) in [5, 5.41) is 44.6. The van der Waals surface area contributed by atoms with Crippen molar-refractivity contribution < 1.29 is 30.0 Å². The first-order chi connectivity index (χ1) is 45.2. The second-order valence-corrected chi connectivity index (χ2v) is 30.5. The third kappa shape index (κ3) is 63.5. The fraction of sp³-hybridized carbons (Fsp3) is 0.887. The first-order valence-electron chi connectivity index (χ1n) is 39.8. The minimum atomic E-state index is -0.409. The highest BCUT2D eigenvalue weighted by atomic mass is 33.1. The molecule has 0 aromatic heterocycles. The lowest BCUT2D eigenvalue weighted by Crippen LogP contribution is -2.47. The van der Waals surface area contributed by atoms with Crippen molar-refractivity contribution in [1.82, 2.24) is 19.6 Å². The van der Waals surface area contributed by atoms with Crippen molar-refractivity contribution in [3.8, 4) is 0 Å². The Morgan fingerprint density at radius 2 is 0.674 bits per heavy atom. The highest BCUT2D eigenvalue weighted by Gasteiger charge is 2.20. The molecule has 0 aromatic carbocycles. The maximum absolute atomic E-state index is 12.9. The Hall–Kier alpha value is -1.19. The van der Waals surface area contributed by atoms with Gasteiger partial charge in [0, 0.05) is 83.4 Å². The predicted molar refractivity (Wildman–Crippen MR) is 407 cm³/mol. The number of aliphatic hydroxyl groups excluding tert-OH is 4. The Balaban J connectivity index is 2.42. The van der Waals surface area contributed by atoms with Crippen LogP contribution in [-0.4, -0.2) is 167 Å². The summed E-state index contributed by atoms with van der Waals surface area (Å²) in [6.07, 6.45) is 73.3. The molecule has 1 saturated heterocycles. The van der Waals surface area contributed by atoms with E-state index in [1.54, 1.807) is 0 Å². The van der Waals surface area contributed by atoms with Crippen molar-refractivity contribution in [3.05, 3.63) is 48.6 Å². The van der Waals surface area contributed by atoms with Crippen molar-refractivity contribution in [2.45, 2.75) is 360 Å². The van der Waals surface area contributed by atoms with Crippen LogP contribution in [0.4, 0.5) is 0 Å². The number of hydrogen-bond donors (Lipinski definition) is 4. The van der Waals surface area contributed by atoms with E-state index in [9.17, 15) is 25.2 Å². The van der Waals surface area contributed by atoms with Gasteiger partial charge in [0.2, 0.25) is 0 Å². The van der Waals surface area contributed by atoms with E-state index in [1.807, 2.05) is 21.6 Å². The lowest BCUT2D eigenvalue weighted by atomic mass is 10.0. The average molecular weight is 1330 g/mol. The quantitative estimate of drug-likeness (QED) is 0.0201. The van der Waals surface area contributed by atoms with E-state index >= 15 is 0 Å². The van der Waals surface area contributed by atoms with E-state index in [4.69, 9.17) is 4.74 Å². The van der Waals surface area contributed by atoms with Gasteiger partial charge in [-0.2, -0.15) is 0 Å². The highest BCUT2D eigenvalue weighted by molar-refractivity contribution is 8.76. The smallest absolute Gasteiger partial charge is 0.305 e. The average Bonchev–Trinajstić information content (AvgIpc) is 3.01. The summed E-state index contributed by atoms with van der Waals surface area (Å²) in [7, 11) is 3.98. The molecule has 0 saturated carbocycles. The van der Waals surface area contributed by atoms with Crippen LogP contribution in [0.2, 0.25) is 0 Å². The first-order valence-corrected chi connectivity index (χ1v) is 42.3. The number of aliphatic hydroxyl groups is 4. The molecular weight excluding hydrogens is 1180 g/mol. The van der Waals surface area contributed by atoms with Crippen LogP contribution in [0, 0.1) is 0 Å². The van der Waals surface area contributed by atoms with Crippen LogP contribution >= 0.6 is 21.6 Å². The lowest BCUT2D eigenvalue weighted by molar-refractivity contribution is -0.144. The molecule has 0 bridgehead atoms. The van der Waals surface area contributed by atoms with Gasteiger partial charge in [-0.25, -0.2) is 0 Å². The molecule has 0 aliphatic carbocycles. The summed E-state index contributed by atoms with van der Waals surface area (Å²) in [6, 6.07) is 0. The van der Waals surface area contributed by atoms with Gasteiger partial charge in [-0.05, 0) is 122 Å². The number of unbranched alkanes of at least 4 members (excludes halogenated alkanes) is 33. The molecule has 92 heavy (non-hydrogen) atoms. The Kier molecular flexibility index (Phi) is 68.6. The number of ether oxygens (including phenoxy) is 1. The van der Waals surface area contributed by atoms with Gasteiger partial charge in [-0.1, -0.05) is 291 Å². The first kappa shape index (κ1) is 88.8. The standard InChI is InChI=1S/C80H154N4O6S2/c1-5-9-13-17-21-25-29-31-33-35-39-43-47-49-56-76(85)72-83(73-77(86)57-50-48-44-40-36-34-32-30-26-22-18-14-10-6-2)61-53-54-70-91-92-71-68-82-65-63-81(64-66-82)67-69-90-80(89)60-55-62-84(74-78(87)58-51-45-41-37-27-23-19-15-11-7-3)75-79(88)59-52-46-42-38-28-24-20-16-12-8-4/h21-22,25-26,31-34,76-79,85-88H,5-20,23-24,27-30,35-75H2,1-4H3/b25-21-,26-22-,33-31-,34-32-/t76-,77-,78?,79?/m0/s1. The zero-order valence-electron chi connectivity index (χ0n) is 61.2. The van der Waals surface area contributed by atoms with E-state index in [-0.39, 0.29) is 18.2 Å². The summed E-state index contributed by atoms with van der Waals surface area (Å²) in [5.74, 6) is 2.09. The summed E-state index contributed by atoms with van der Waals surface area (Å²) in [4.78, 5) is 22.5. The van der Waals surface area contributed by atoms with Crippen LogP contribution in [0.3, 0.4) is 0 Å². The third-order valence-electron chi connectivity index (χ3n) is 18.7. The molecule has 2 unspecified atom stereocenters. The molecule has 0 aromatic rings. The fourth-order valence-electron chi connectivity index (χ4n) is 12.7. The molecule has 4 N–H and O–H groups in total. The van der Waals surface area contributed by atoms with Crippen LogP contribution in [0.1, 0.15) is 336 Å². The second-order valence-electron chi connectivity index (χ2n) is 27.8. The van der Waals surface area contributed by atoms with Gasteiger partial charge in [0.1, 0.15) is 6.61 Å². The van der Waals surface area contributed by atoms with Crippen molar-refractivity contribution in [2.24, 2.45) is 0 Å². The molecule has 0 radical (unpaired) electrons. The van der Waals surface area contributed by atoms with E-state index < -0.39 is 12.2 Å². The number of carbonyl (C=O) groups excluding carboxylic acids is 1. The SMILES string of the molecule is CCCCC/C=C\C/C=C\CCCCCC[C@H](O)CN(CCCCSSCCN1CCN(CCOC(=O)CCCN(CC(O)CCCCCCCCCCCC)CC(O)CCCCCCCCCCCC)CC1)C[C@@H](O)CCCCCC/C=C\C/C=C\CCCCC. The van der Waals surface area contributed by atoms with Gasteiger partial charge in [-0.3, -0.25) is 24.4 Å². The van der Waals surface area contributed by atoms with Crippen molar-refractivity contribution in [2.75, 3.05) is 96.6 Å². The van der Waals surface area contributed by atoms with Gasteiger partial charge in [-0.15, -0.1) is 0 Å². The minimum Gasteiger partial charge on any atom is -0.464 e. The summed E-state index contributed by atoms with van der Waals surface area (Å²) < 4.78 is 5.76. The second kappa shape index (κ2) is 71.1. The van der Waals surface area contributed by atoms with Gasteiger partial charge < -0.3 is 25.2 Å². The van der Waals surface area contributed by atoms with Crippen molar-refractivity contribution >= 4 is 27.6 Å². The Morgan fingerprint density at radius 1 is 0.370 bits per heavy atom. The molecule has 1 heterocycles. The zero-order chi connectivity index (χ0) is 66.5. The molecule has 10 nitrogen and oxygen atoms in total. The molecule has 4 atom stereocenters.